The van der Waals surface area contributed by atoms with Crippen molar-refractivity contribution in [3.8, 4) is 0 Å². The lowest BCUT2D eigenvalue weighted by Crippen LogP contribution is -2.24. The fourth-order valence-corrected chi connectivity index (χ4v) is 2.91. The maximum Gasteiger partial charge on any atom is 0.273 e. The van der Waals surface area contributed by atoms with Gasteiger partial charge in [0.2, 0.25) is 5.91 Å². The van der Waals surface area contributed by atoms with Crippen LogP contribution in [-0.2, 0) is 9.53 Å². The number of nitrogens with zero attached hydrogens (tertiary/aromatic N) is 1. The molecule has 0 bridgehead atoms. The van der Waals surface area contributed by atoms with Gasteiger partial charge in [-0.2, -0.15) is 0 Å². The van der Waals surface area contributed by atoms with Crippen molar-refractivity contribution in [3.05, 3.63) is 5.69 Å². The Labute approximate surface area is 126 Å². The predicted molar refractivity (Wildman–Crippen MR) is 81.6 cm³/mol. The molecule has 0 unspecified atom stereocenters. The number of thiazole rings is 1. The highest BCUT2D eigenvalue weighted by Gasteiger charge is 2.19. The van der Waals surface area contributed by atoms with Gasteiger partial charge in [0.25, 0.3) is 5.91 Å². The fraction of sp³-hybridized carbons (Fsp3) is 0.583. The van der Waals surface area contributed by atoms with Crippen molar-refractivity contribution in [2.75, 3.05) is 31.8 Å². The Bertz CT molecular complexity index is 463. The molecule has 0 aromatic carbocycles. The molecule has 0 radical (unpaired) electrons. The van der Waals surface area contributed by atoms with E-state index >= 15 is 0 Å². The van der Waals surface area contributed by atoms with Crippen LogP contribution in [-0.4, -0.2) is 43.3 Å². The summed E-state index contributed by atoms with van der Waals surface area (Å²) in [5.74, 6) is -0.403. The largest absolute Gasteiger partial charge is 0.385 e. The van der Waals surface area contributed by atoms with Crippen LogP contribution >= 0.6 is 23.1 Å². The molecule has 112 valence electrons. The highest BCUT2D eigenvalue weighted by molar-refractivity contribution is 8.00. The number of nitrogens with one attached hydrogen (secondary N) is 2. The van der Waals surface area contributed by atoms with Gasteiger partial charge in [-0.05, 0) is 19.6 Å². The van der Waals surface area contributed by atoms with Crippen molar-refractivity contribution in [1.29, 1.82) is 0 Å². The van der Waals surface area contributed by atoms with Crippen LogP contribution in [0.2, 0.25) is 0 Å². The number of ether oxygens (including phenoxy) is 1. The van der Waals surface area contributed by atoms with Crippen molar-refractivity contribution < 1.29 is 14.3 Å². The first-order valence-electron chi connectivity index (χ1n) is 6.24. The lowest BCUT2D eigenvalue weighted by molar-refractivity contribution is -0.116. The van der Waals surface area contributed by atoms with Crippen LogP contribution in [0.15, 0.2) is 4.34 Å². The van der Waals surface area contributed by atoms with E-state index in [9.17, 15) is 9.59 Å². The number of hydrogen-bond donors (Lipinski definition) is 2. The number of aromatic nitrogens is 1. The molecule has 1 aromatic heterocycles. The van der Waals surface area contributed by atoms with Crippen molar-refractivity contribution in [3.63, 3.8) is 0 Å². The van der Waals surface area contributed by atoms with Gasteiger partial charge < -0.3 is 15.4 Å². The molecule has 0 fully saturated rings. The summed E-state index contributed by atoms with van der Waals surface area (Å²) in [5.41, 5.74) is 0.279. The molecule has 6 nitrogen and oxygen atoms in total. The molecule has 20 heavy (non-hydrogen) atoms. The maximum absolute atomic E-state index is 11.9. The molecule has 1 rings (SSSR count). The van der Waals surface area contributed by atoms with Gasteiger partial charge in [0, 0.05) is 26.7 Å². The van der Waals surface area contributed by atoms with Crippen molar-refractivity contribution in [1.82, 2.24) is 10.3 Å². The average molecular weight is 317 g/mol. The minimum Gasteiger partial charge on any atom is -0.385 e. The van der Waals surface area contributed by atoms with Crippen LogP contribution < -0.4 is 10.6 Å². The summed E-state index contributed by atoms with van der Waals surface area (Å²) in [5, 5.41) is 5.94. The van der Waals surface area contributed by atoms with Crippen LogP contribution in [0.3, 0.4) is 0 Å². The van der Waals surface area contributed by atoms with E-state index < -0.39 is 0 Å². The molecule has 0 aliphatic carbocycles. The van der Waals surface area contributed by atoms with Gasteiger partial charge in [-0.25, -0.2) is 4.98 Å². The van der Waals surface area contributed by atoms with Gasteiger partial charge in [0.05, 0.1) is 0 Å². The van der Waals surface area contributed by atoms with Crippen LogP contribution in [0.1, 0.15) is 30.3 Å². The minimum absolute atomic E-state index is 0.135. The second-order valence-corrected chi connectivity index (χ2v) is 5.92. The molecule has 0 spiro atoms. The number of rotatable bonds is 8. The number of carbonyl (C=O) groups is 2. The van der Waals surface area contributed by atoms with E-state index in [0.717, 1.165) is 4.34 Å². The summed E-state index contributed by atoms with van der Waals surface area (Å²) in [6.07, 6.45) is 2.88. The van der Waals surface area contributed by atoms with Gasteiger partial charge >= 0.3 is 0 Å². The maximum atomic E-state index is 11.9. The highest BCUT2D eigenvalue weighted by atomic mass is 32.2. The Balaban J connectivity index is 2.74. The molecular formula is C12H19N3O3S2. The van der Waals surface area contributed by atoms with Crippen molar-refractivity contribution in [2.45, 2.75) is 24.1 Å². The molecule has 2 amide bonds. The van der Waals surface area contributed by atoms with Gasteiger partial charge in [-0.3, -0.25) is 9.59 Å². The van der Waals surface area contributed by atoms with Crippen LogP contribution in [0.4, 0.5) is 5.00 Å². The molecule has 0 aliphatic rings. The van der Waals surface area contributed by atoms with E-state index in [4.69, 9.17) is 4.74 Å². The Morgan fingerprint density at radius 2 is 2.20 bits per heavy atom. The third-order valence-electron chi connectivity index (χ3n) is 2.34. The second kappa shape index (κ2) is 8.93. The molecule has 2 N–H and O–H groups in total. The van der Waals surface area contributed by atoms with Gasteiger partial charge in [0.15, 0.2) is 10.0 Å². The third-order valence-corrected chi connectivity index (χ3v) is 4.30. The predicted octanol–water partition coefficient (Wildman–Crippen LogP) is 1.98. The van der Waals surface area contributed by atoms with Gasteiger partial charge in [-0.1, -0.05) is 23.1 Å². The number of thioether (sulfide) groups is 1. The topological polar surface area (TPSA) is 80.3 Å². The highest BCUT2D eigenvalue weighted by Crippen LogP contribution is 2.30. The summed E-state index contributed by atoms with van der Waals surface area (Å²) in [7, 11) is 1.60. The van der Waals surface area contributed by atoms with Crippen LogP contribution in [0, 0.1) is 0 Å². The zero-order valence-electron chi connectivity index (χ0n) is 11.8. The van der Waals surface area contributed by atoms with Crippen molar-refractivity contribution >= 4 is 39.9 Å². The lowest BCUT2D eigenvalue weighted by atomic mass is 10.3. The minimum atomic E-state index is -0.267. The standard InChI is InChI=1S/C12H19N3O3S2/c1-4-13-10(17)9-11(20-12(15-9)19-3)14-8(16)6-5-7-18-2/h4-7H2,1-3H3,(H,13,17)(H,14,16). The monoisotopic (exact) mass is 317 g/mol. The van der Waals surface area contributed by atoms with Gasteiger partial charge in [0.1, 0.15) is 5.00 Å². The summed E-state index contributed by atoms with van der Waals surface area (Å²) in [6, 6.07) is 0. The Morgan fingerprint density at radius 3 is 2.80 bits per heavy atom. The molecule has 1 heterocycles. The molecule has 8 heteroatoms. The SMILES string of the molecule is CCNC(=O)c1nc(SC)sc1NC(=O)CCCOC. The number of carbonyl (C=O) groups excluding carboxylic acids is 2. The first-order valence-corrected chi connectivity index (χ1v) is 8.28. The van der Waals surface area contributed by atoms with Crippen molar-refractivity contribution in [2.24, 2.45) is 0 Å². The number of anilines is 1. The third kappa shape index (κ3) is 5.10. The first kappa shape index (κ1) is 16.9. The van der Waals surface area contributed by atoms with E-state index in [2.05, 4.69) is 15.6 Å². The molecule has 0 atom stereocenters. The fourth-order valence-electron chi connectivity index (χ4n) is 1.44. The number of hydrogen-bond acceptors (Lipinski definition) is 6. The quantitative estimate of drug-likeness (QED) is 0.566. The number of methoxy groups -OCH3 is 1. The summed E-state index contributed by atoms with van der Waals surface area (Å²) in [6.45, 7) is 2.89. The lowest BCUT2D eigenvalue weighted by Gasteiger charge is -2.05. The average Bonchev–Trinajstić information content (AvgIpc) is 2.82. The normalized spacial score (nSPS) is 10.3. The Morgan fingerprint density at radius 1 is 1.45 bits per heavy atom. The van der Waals surface area contributed by atoms with Crippen LogP contribution in [0.25, 0.3) is 0 Å². The molecule has 1 aromatic rings. The van der Waals surface area contributed by atoms with E-state index in [0.29, 0.717) is 31.0 Å². The molecule has 0 aliphatic heterocycles. The Hall–Kier alpha value is -1.12. The molecule has 0 saturated carbocycles. The van der Waals surface area contributed by atoms with Gasteiger partial charge in [-0.15, -0.1) is 0 Å². The number of amides is 2. The summed E-state index contributed by atoms with van der Waals surface area (Å²) >= 11 is 2.75. The van der Waals surface area contributed by atoms with E-state index in [1.807, 2.05) is 13.2 Å². The first-order chi connectivity index (χ1) is 9.62. The van der Waals surface area contributed by atoms with Crippen LogP contribution in [0.5, 0.6) is 0 Å². The summed E-state index contributed by atoms with van der Waals surface area (Å²) in [4.78, 5) is 27.9. The Kier molecular flexibility index (Phi) is 7.56. The zero-order chi connectivity index (χ0) is 15.0. The van der Waals surface area contributed by atoms with E-state index in [-0.39, 0.29) is 17.5 Å². The smallest absolute Gasteiger partial charge is 0.273 e. The van der Waals surface area contributed by atoms with E-state index in [1.165, 1.54) is 23.1 Å². The zero-order valence-corrected chi connectivity index (χ0v) is 13.4. The molecule has 0 saturated heterocycles. The van der Waals surface area contributed by atoms with E-state index in [1.54, 1.807) is 7.11 Å². The molecular weight excluding hydrogens is 298 g/mol. The second-order valence-electron chi connectivity index (χ2n) is 3.87. The summed E-state index contributed by atoms with van der Waals surface area (Å²) < 4.78 is 5.65.